The fraction of sp³-hybridized carbons (Fsp3) is 0.302. The molecule has 5 aromatic carbocycles. The number of phenols is 1. The lowest BCUT2D eigenvalue weighted by molar-refractivity contribution is -0.00734. The molecule has 2 fully saturated rings. The Morgan fingerprint density at radius 3 is 1.17 bits per heavy atom. The predicted molar refractivity (Wildman–Crippen MR) is 191 cm³/mol. The molecule has 0 amide bonds. The van der Waals surface area contributed by atoms with Crippen LogP contribution in [0.15, 0.2) is 133 Å². The Balaban J connectivity index is 1.19. The van der Waals surface area contributed by atoms with Crippen LogP contribution >= 0.6 is 0 Å². The zero-order valence-corrected chi connectivity index (χ0v) is 27.7. The van der Waals surface area contributed by atoms with Crippen LogP contribution in [0.1, 0.15) is 64.6 Å². The van der Waals surface area contributed by atoms with Crippen LogP contribution in [-0.4, -0.2) is 50.3 Å². The first kappa shape index (κ1) is 32.3. The van der Waals surface area contributed by atoms with Gasteiger partial charge in [0.05, 0.1) is 0 Å². The molecular formula is C43H46N2O3. The standard InChI is InChI=1S/C43H46N2O3/c1-32-28-33(30-44-26-14-24-39(44)42(47,35-16-6-2-7-17-35)36-18-8-3-9-19-36)41(46)34(29-32)31-45-27-15-25-40(45)43(48,37-20-10-4-11-21-37)38-22-12-5-13-23-38/h2-13,16-23,28-29,39-40,46-48H,14-15,24-27,30-31H2,1H3/t39-,40-/m1/s1. The monoisotopic (exact) mass is 638 g/mol. The van der Waals surface area contributed by atoms with Crippen LogP contribution in [0.25, 0.3) is 0 Å². The summed E-state index contributed by atoms with van der Waals surface area (Å²) in [5, 5.41) is 37.2. The molecular weight excluding hydrogens is 592 g/mol. The van der Waals surface area contributed by atoms with Gasteiger partial charge in [-0.25, -0.2) is 0 Å². The largest absolute Gasteiger partial charge is 0.507 e. The number of likely N-dealkylation sites (tertiary alicyclic amines) is 2. The molecule has 48 heavy (non-hydrogen) atoms. The van der Waals surface area contributed by atoms with Crippen LogP contribution in [0.3, 0.4) is 0 Å². The Bertz CT molecular complexity index is 1590. The number of hydrogen-bond donors (Lipinski definition) is 3. The number of benzene rings is 5. The summed E-state index contributed by atoms with van der Waals surface area (Å²) in [6.07, 6.45) is 3.65. The van der Waals surface area contributed by atoms with Crippen molar-refractivity contribution in [2.75, 3.05) is 13.1 Å². The third-order valence-corrected chi connectivity index (χ3v) is 10.7. The van der Waals surface area contributed by atoms with E-state index < -0.39 is 11.2 Å². The highest BCUT2D eigenvalue weighted by Crippen LogP contribution is 2.43. The van der Waals surface area contributed by atoms with E-state index in [1.165, 1.54) is 0 Å². The van der Waals surface area contributed by atoms with Crippen molar-refractivity contribution in [1.82, 2.24) is 9.80 Å². The number of phenolic OH excluding ortho intramolecular Hbond substituents is 1. The van der Waals surface area contributed by atoms with Crippen molar-refractivity contribution in [3.63, 3.8) is 0 Å². The van der Waals surface area contributed by atoms with Gasteiger partial charge >= 0.3 is 0 Å². The van der Waals surface area contributed by atoms with Crippen LogP contribution in [0.5, 0.6) is 5.75 Å². The van der Waals surface area contributed by atoms with E-state index in [4.69, 9.17) is 0 Å². The van der Waals surface area contributed by atoms with Crippen LogP contribution in [0.4, 0.5) is 0 Å². The van der Waals surface area contributed by atoms with Gasteiger partial charge in [-0.2, -0.15) is 0 Å². The van der Waals surface area contributed by atoms with Crippen molar-refractivity contribution in [2.24, 2.45) is 0 Å². The molecule has 2 heterocycles. The maximum Gasteiger partial charge on any atom is 0.130 e. The molecule has 0 saturated carbocycles. The highest BCUT2D eigenvalue weighted by molar-refractivity contribution is 5.45. The fourth-order valence-electron chi connectivity index (χ4n) is 8.46. The molecule has 0 aromatic heterocycles. The van der Waals surface area contributed by atoms with Crippen molar-refractivity contribution in [3.8, 4) is 5.75 Å². The summed E-state index contributed by atoms with van der Waals surface area (Å²) < 4.78 is 0. The lowest BCUT2D eigenvalue weighted by Crippen LogP contribution is -2.48. The molecule has 5 aromatic rings. The summed E-state index contributed by atoms with van der Waals surface area (Å²) in [6, 6.07) is 43.9. The topological polar surface area (TPSA) is 67.2 Å². The van der Waals surface area contributed by atoms with Crippen LogP contribution < -0.4 is 0 Å². The third kappa shape index (κ3) is 5.97. The van der Waals surface area contributed by atoms with Crippen molar-refractivity contribution < 1.29 is 15.3 Å². The van der Waals surface area contributed by atoms with Gasteiger partial charge in [0.25, 0.3) is 0 Å². The highest BCUT2D eigenvalue weighted by Gasteiger charge is 2.47. The van der Waals surface area contributed by atoms with E-state index in [-0.39, 0.29) is 12.1 Å². The van der Waals surface area contributed by atoms with Crippen LogP contribution in [0.2, 0.25) is 0 Å². The Morgan fingerprint density at radius 2 is 0.854 bits per heavy atom. The molecule has 0 aliphatic carbocycles. The lowest BCUT2D eigenvalue weighted by atomic mass is 9.79. The molecule has 2 aliphatic heterocycles. The quantitative estimate of drug-likeness (QED) is 0.148. The molecule has 7 rings (SSSR count). The summed E-state index contributed by atoms with van der Waals surface area (Å²) in [5.41, 5.74) is 3.98. The Kier molecular flexibility index (Phi) is 9.21. The average Bonchev–Trinajstić information content (AvgIpc) is 3.81. The minimum atomic E-state index is -1.19. The van der Waals surface area contributed by atoms with Crippen molar-refractivity contribution in [2.45, 2.75) is 69.0 Å². The second-order valence-corrected chi connectivity index (χ2v) is 13.7. The summed E-state index contributed by atoms with van der Waals surface area (Å²) in [4.78, 5) is 4.70. The average molecular weight is 639 g/mol. The molecule has 2 aliphatic rings. The number of aryl methyl sites for hydroxylation is 1. The van der Waals surface area contributed by atoms with Gasteiger partial charge in [-0.1, -0.05) is 139 Å². The summed E-state index contributed by atoms with van der Waals surface area (Å²) >= 11 is 0. The SMILES string of the molecule is Cc1cc(CN2CCC[C@@H]2C(O)(c2ccccc2)c2ccccc2)c(O)c(CN2CCC[C@@H]2C(O)(c2ccccc2)c2ccccc2)c1. The van der Waals surface area contributed by atoms with E-state index >= 15 is 0 Å². The van der Waals surface area contributed by atoms with Gasteiger partial charge in [0.15, 0.2) is 0 Å². The first-order valence-electron chi connectivity index (χ1n) is 17.4. The number of aromatic hydroxyl groups is 1. The Morgan fingerprint density at radius 1 is 0.542 bits per heavy atom. The van der Waals surface area contributed by atoms with E-state index in [2.05, 4.69) is 28.9 Å². The van der Waals surface area contributed by atoms with Crippen molar-refractivity contribution in [1.29, 1.82) is 0 Å². The fourth-order valence-corrected chi connectivity index (χ4v) is 8.46. The second kappa shape index (κ2) is 13.7. The molecule has 3 N–H and O–H groups in total. The first-order valence-corrected chi connectivity index (χ1v) is 17.4. The van der Waals surface area contributed by atoms with Gasteiger partial charge in [0.2, 0.25) is 0 Å². The minimum Gasteiger partial charge on any atom is -0.507 e. The second-order valence-electron chi connectivity index (χ2n) is 13.7. The Hall–Kier alpha value is -4.26. The normalized spacial score (nSPS) is 19.1. The molecule has 0 bridgehead atoms. The van der Waals surface area contributed by atoms with Gasteiger partial charge in [0, 0.05) is 36.3 Å². The van der Waals surface area contributed by atoms with Gasteiger partial charge in [-0.3, -0.25) is 9.80 Å². The zero-order chi connectivity index (χ0) is 33.1. The summed E-state index contributed by atoms with van der Waals surface area (Å²) in [5.74, 6) is 0.308. The smallest absolute Gasteiger partial charge is 0.130 e. The molecule has 0 spiro atoms. The Labute approximate surface area is 284 Å². The third-order valence-electron chi connectivity index (χ3n) is 10.7. The molecule has 2 atom stereocenters. The first-order chi connectivity index (χ1) is 23.4. The van der Waals surface area contributed by atoms with Crippen LogP contribution in [0, 0.1) is 6.92 Å². The number of rotatable bonds is 10. The molecule has 246 valence electrons. The number of hydrogen-bond acceptors (Lipinski definition) is 5. The molecule has 2 saturated heterocycles. The minimum absolute atomic E-state index is 0.152. The van der Waals surface area contributed by atoms with Gasteiger partial charge < -0.3 is 15.3 Å². The number of nitrogens with zero attached hydrogens (tertiary/aromatic N) is 2. The van der Waals surface area contributed by atoms with E-state index in [1.54, 1.807) is 0 Å². The van der Waals surface area contributed by atoms with E-state index in [0.717, 1.165) is 77.7 Å². The van der Waals surface area contributed by atoms with Crippen LogP contribution in [-0.2, 0) is 24.3 Å². The molecule has 0 radical (unpaired) electrons. The summed E-state index contributed by atoms with van der Waals surface area (Å²) in [6.45, 7) is 4.84. The maximum absolute atomic E-state index is 12.6. The lowest BCUT2D eigenvalue weighted by Gasteiger charge is -2.41. The highest BCUT2D eigenvalue weighted by atomic mass is 16.3. The van der Waals surface area contributed by atoms with Crippen molar-refractivity contribution in [3.05, 3.63) is 172 Å². The van der Waals surface area contributed by atoms with E-state index in [1.807, 2.05) is 121 Å². The zero-order valence-electron chi connectivity index (χ0n) is 27.7. The number of aliphatic hydroxyl groups is 2. The van der Waals surface area contributed by atoms with Gasteiger partial charge in [-0.15, -0.1) is 0 Å². The molecule has 5 heteroatoms. The molecule has 0 unspecified atom stereocenters. The van der Waals surface area contributed by atoms with Gasteiger partial charge in [0.1, 0.15) is 17.0 Å². The summed E-state index contributed by atoms with van der Waals surface area (Å²) in [7, 11) is 0. The van der Waals surface area contributed by atoms with Crippen molar-refractivity contribution >= 4 is 0 Å². The predicted octanol–water partition coefficient (Wildman–Crippen LogP) is 7.50. The van der Waals surface area contributed by atoms with E-state index in [9.17, 15) is 15.3 Å². The maximum atomic E-state index is 12.6. The molecule has 5 nitrogen and oxygen atoms in total. The van der Waals surface area contributed by atoms with Gasteiger partial charge in [-0.05, 0) is 68.0 Å². The van der Waals surface area contributed by atoms with E-state index in [0.29, 0.717) is 18.8 Å².